The fraction of sp³-hybridized carbons (Fsp3) is 0.727. The average Bonchev–Trinajstić information content (AvgIpc) is 2.65. The van der Waals surface area contributed by atoms with Gasteiger partial charge in [-0.2, -0.15) is 18.3 Å². The van der Waals surface area contributed by atoms with Crippen LogP contribution in [-0.2, 0) is 6.54 Å². The normalized spacial score (nSPS) is 13.9. The molecule has 1 N–H and O–H groups in total. The summed E-state index contributed by atoms with van der Waals surface area (Å²) in [4.78, 5) is 0. The molecule has 0 aliphatic rings. The van der Waals surface area contributed by atoms with Crippen molar-refractivity contribution in [3.63, 3.8) is 0 Å². The number of hydrogen-bond acceptors (Lipinski definition) is 2. The first-order valence-electron chi connectivity index (χ1n) is 5.69. The minimum Gasteiger partial charge on any atom is -0.388 e. The second-order valence-corrected chi connectivity index (χ2v) is 4.06. The Hall–Kier alpha value is -1.04. The van der Waals surface area contributed by atoms with Crippen LogP contribution in [0.25, 0.3) is 0 Å². The molecule has 0 aliphatic heterocycles. The molecule has 0 aliphatic carbocycles. The van der Waals surface area contributed by atoms with Crippen LogP contribution in [0.5, 0.6) is 0 Å². The lowest BCUT2D eigenvalue weighted by molar-refractivity contribution is -0.136. The lowest BCUT2D eigenvalue weighted by Gasteiger charge is -2.09. The number of aryl methyl sites for hydroxylation is 1. The van der Waals surface area contributed by atoms with E-state index in [1.165, 1.54) is 6.20 Å². The second kappa shape index (κ2) is 6.05. The van der Waals surface area contributed by atoms with E-state index in [1.807, 2.05) is 6.92 Å². The smallest absolute Gasteiger partial charge is 0.388 e. The van der Waals surface area contributed by atoms with Crippen molar-refractivity contribution in [2.24, 2.45) is 0 Å². The zero-order chi connectivity index (χ0) is 12.9. The Morgan fingerprint density at radius 3 is 2.76 bits per heavy atom. The first-order chi connectivity index (χ1) is 7.92. The topological polar surface area (TPSA) is 38.0 Å². The Bertz CT molecular complexity index is 336. The summed E-state index contributed by atoms with van der Waals surface area (Å²) in [7, 11) is 0. The maximum absolute atomic E-state index is 11.9. The number of nitrogens with zero attached hydrogens (tertiary/aromatic N) is 2. The molecule has 0 radical (unpaired) electrons. The van der Waals surface area contributed by atoms with Crippen molar-refractivity contribution >= 4 is 0 Å². The Morgan fingerprint density at radius 2 is 2.18 bits per heavy atom. The molecular formula is C11H17F3N2O. The maximum atomic E-state index is 11.9. The number of halogens is 3. The van der Waals surface area contributed by atoms with Gasteiger partial charge in [0.15, 0.2) is 0 Å². The molecule has 17 heavy (non-hydrogen) atoms. The lowest BCUT2D eigenvalue weighted by Crippen LogP contribution is -2.07. The van der Waals surface area contributed by atoms with Gasteiger partial charge in [0.1, 0.15) is 0 Å². The van der Waals surface area contributed by atoms with Crippen LogP contribution in [0.15, 0.2) is 12.4 Å². The zero-order valence-corrected chi connectivity index (χ0v) is 9.74. The fourth-order valence-corrected chi connectivity index (χ4v) is 1.57. The molecule has 0 aromatic carbocycles. The molecule has 3 nitrogen and oxygen atoms in total. The van der Waals surface area contributed by atoms with Gasteiger partial charge in [-0.05, 0) is 19.3 Å². The monoisotopic (exact) mass is 250 g/mol. The number of aromatic nitrogens is 2. The summed E-state index contributed by atoms with van der Waals surface area (Å²) in [5.74, 6) is 0. The van der Waals surface area contributed by atoms with Crippen LogP contribution in [0.3, 0.4) is 0 Å². The van der Waals surface area contributed by atoms with Crippen LogP contribution in [0.4, 0.5) is 13.2 Å². The van der Waals surface area contributed by atoms with Gasteiger partial charge in [0.05, 0.1) is 12.3 Å². The van der Waals surface area contributed by atoms with E-state index in [2.05, 4.69) is 5.10 Å². The highest BCUT2D eigenvalue weighted by atomic mass is 19.4. The van der Waals surface area contributed by atoms with Crippen LogP contribution in [0, 0.1) is 0 Å². The van der Waals surface area contributed by atoms with Crippen molar-refractivity contribution in [2.45, 2.75) is 51.4 Å². The van der Waals surface area contributed by atoms with Crippen LogP contribution in [0.2, 0.25) is 0 Å². The first kappa shape index (κ1) is 14.0. The molecule has 0 amide bonds. The van der Waals surface area contributed by atoms with Gasteiger partial charge in [0.2, 0.25) is 0 Å². The molecule has 6 heteroatoms. The predicted molar refractivity (Wildman–Crippen MR) is 57.4 cm³/mol. The molecule has 98 valence electrons. The van der Waals surface area contributed by atoms with E-state index < -0.39 is 18.7 Å². The zero-order valence-electron chi connectivity index (χ0n) is 9.74. The van der Waals surface area contributed by atoms with E-state index in [-0.39, 0.29) is 12.8 Å². The summed E-state index contributed by atoms with van der Waals surface area (Å²) in [5, 5.41) is 13.7. The maximum Gasteiger partial charge on any atom is 0.389 e. The van der Waals surface area contributed by atoms with Crippen LogP contribution in [0.1, 0.15) is 44.3 Å². The van der Waals surface area contributed by atoms with Crippen molar-refractivity contribution < 1.29 is 18.3 Å². The van der Waals surface area contributed by atoms with Crippen molar-refractivity contribution in [3.8, 4) is 0 Å². The Kier molecular flexibility index (Phi) is 4.99. The summed E-state index contributed by atoms with van der Waals surface area (Å²) in [6.07, 6.45) is -1.70. The quantitative estimate of drug-likeness (QED) is 0.842. The fourth-order valence-electron chi connectivity index (χ4n) is 1.57. The third-order valence-electron chi connectivity index (χ3n) is 2.43. The lowest BCUT2D eigenvalue weighted by atomic mass is 10.1. The second-order valence-electron chi connectivity index (χ2n) is 4.06. The highest BCUT2D eigenvalue weighted by Gasteiger charge is 2.26. The summed E-state index contributed by atoms with van der Waals surface area (Å²) < 4.78 is 37.4. The van der Waals surface area contributed by atoms with Crippen molar-refractivity contribution in [1.29, 1.82) is 0 Å². The largest absolute Gasteiger partial charge is 0.389 e. The van der Waals surface area contributed by atoms with Gasteiger partial charge < -0.3 is 5.11 Å². The standard InChI is InChI=1S/C11H17F3N2O/c1-2-6-16-8-9(7-15-16)10(17)4-3-5-11(12,13)14/h7-8,10,17H,2-6H2,1H3. The van der Waals surface area contributed by atoms with Crippen molar-refractivity contribution in [1.82, 2.24) is 9.78 Å². The molecular weight excluding hydrogens is 233 g/mol. The number of aliphatic hydroxyl groups excluding tert-OH is 1. The summed E-state index contributed by atoms with van der Waals surface area (Å²) >= 11 is 0. The van der Waals surface area contributed by atoms with Gasteiger partial charge in [0.25, 0.3) is 0 Å². The third-order valence-corrected chi connectivity index (χ3v) is 2.43. The highest BCUT2D eigenvalue weighted by molar-refractivity contribution is 5.07. The van der Waals surface area contributed by atoms with Gasteiger partial charge in [-0.15, -0.1) is 0 Å². The molecule has 0 saturated carbocycles. The minimum atomic E-state index is -4.15. The number of hydrogen-bond donors (Lipinski definition) is 1. The van der Waals surface area contributed by atoms with Crippen molar-refractivity contribution in [3.05, 3.63) is 18.0 Å². The third kappa shape index (κ3) is 5.21. The molecule has 0 bridgehead atoms. The van der Waals surface area contributed by atoms with Crippen molar-refractivity contribution in [2.75, 3.05) is 0 Å². The van der Waals surface area contributed by atoms with Gasteiger partial charge in [-0.25, -0.2) is 0 Å². The van der Waals surface area contributed by atoms with E-state index in [1.54, 1.807) is 10.9 Å². The minimum absolute atomic E-state index is 0.0658. The van der Waals surface area contributed by atoms with Gasteiger partial charge in [0, 0.05) is 24.7 Å². The van der Waals surface area contributed by atoms with Crippen LogP contribution in [-0.4, -0.2) is 21.1 Å². The Balaban J connectivity index is 2.38. The molecule has 1 unspecified atom stereocenters. The summed E-state index contributed by atoms with van der Waals surface area (Å²) in [5.41, 5.74) is 0.584. The number of rotatable bonds is 6. The summed E-state index contributed by atoms with van der Waals surface area (Å²) in [6, 6.07) is 0. The number of alkyl halides is 3. The average molecular weight is 250 g/mol. The molecule has 1 atom stereocenters. The number of aliphatic hydroxyl groups is 1. The van der Waals surface area contributed by atoms with Gasteiger partial charge in [-0.3, -0.25) is 4.68 Å². The molecule has 1 aromatic rings. The van der Waals surface area contributed by atoms with Crippen LogP contribution >= 0.6 is 0 Å². The van der Waals surface area contributed by atoms with E-state index in [4.69, 9.17) is 0 Å². The van der Waals surface area contributed by atoms with E-state index in [0.717, 1.165) is 13.0 Å². The predicted octanol–water partition coefficient (Wildman–Crippen LogP) is 3.06. The molecule has 0 spiro atoms. The van der Waals surface area contributed by atoms with E-state index >= 15 is 0 Å². The Labute approximate surface area is 98.2 Å². The first-order valence-corrected chi connectivity index (χ1v) is 5.69. The van der Waals surface area contributed by atoms with Gasteiger partial charge in [-0.1, -0.05) is 6.92 Å². The SMILES string of the molecule is CCCn1cc(C(O)CCCC(F)(F)F)cn1. The van der Waals surface area contributed by atoms with Crippen LogP contribution < -0.4 is 0 Å². The Morgan fingerprint density at radius 1 is 1.47 bits per heavy atom. The molecule has 1 rings (SSSR count). The molecule has 0 saturated heterocycles. The highest BCUT2D eigenvalue weighted by Crippen LogP contribution is 2.26. The van der Waals surface area contributed by atoms with E-state index in [0.29, 0.717) is 5.56 Å². The molecule has 1 heterocycles. The van der Waals surface area contributed by atoms with Gasteiger partial charge >= 0.3 is 6.18 Å². The molecule has 1 aromatic heterocycles. The van der Waals surface area contributed by atoms with E-state index in [9.17, 15) is 18.3 Å². The summed E-state index contributed by atoms with van der Waals surface area (Å²) in [6.45, 7) is 2.75. The molecule has 0 fully saturated rings.